The molecule has 1 aromatic heterocycles. The van der Waals surface area contributed by atoms with Crippen LogP contribution in [0.15, 0.2) is 36.5 Å². The average Bonchev–Trinajstić information content (AvgIpc) is 3.00. The third kappa shape index (κ3) is 4.83. The Bertz CT molecular complexity index is 679. The molecule has 6 heteroatoms. The van der Waals surface area contributed by atoms with Gasteiger partial charge in [-0.05, 0) is 36.8 Å². The number of aryl methyl sites for hydroxylation is 1. The summed E-state index contributed by atoms with van der Waals surface area (Å²) < 4.78 is 1.71. The zero-order valence-corrected chi connectivity index (χ0v) is 14.5. The van der Waals surface area contributed by atoms with Crippen LogP contribution in [0.4, 0.5) is 10.6 Å². The smallest absolute Gasteiger partial charge is 0.320 e. The highest BCUT2D eigenvalue weighted by Crippen LogP contribution is 2.20. The molecular formula is C18H26N4O2. The molecule has 0 aliphatic heterocycles. The van der Waals surface area contributed by atoms with E-state index in [1.165, 1.54) is 0 Å². The molecule has 0 saturated heterocycles. The number of carbonyl (C=O) groups is 1. The van der Waals surface area contributed by atoms with Gasteiger partial charge in [-0.25, -0.2) is 9.48 Å². The lowest BCUT2D eigenvalue weighted by molar-refractivity contribution is 0.148. The van der Waals surface area contributed by atoms with E-state index in [-0.39, 0.29) is 18.1 Å². The number of anilines is 1. The number of urea groups is 1. The average molecular weight is 330 g/mol. The Kier molecular flexibility index (Phi) is 5.98. The van der Waals surface area contributed by atoms with E-state index in [1.54, 1.807) is 16.9 Å². The van der Waals surface area contributed by atoms with Gasteiger partial charge in [0.15, 0.2) is 0 Å². The van der Waals surface area contributed by atoms with Crippen molar-refractivity contribution in [2.45, 2.75) is 33.6 Å². The molecule has 0 unspecified atom stereocenters. The first-order valence-corrected chi connectivity index (χ1v) is 8.19. The number of amides is 2. The standard InChI is InChI=1S/C18H26N4O2/c1-14-7-4-5-8-15(14)22-16(9-12-20-22)21-17(24)19-11-6-10-18(2,3)13-23/h4-5,7-9,12,23H,6,10-11,13H2,1-3H3,(H2,19,21,24). The number of para-hydroxylation sites is 1. The van der Waals surface area contributed by atoms with E-state index >= 15 is 0 Å². The number of hydrogen-bond acceptors (Lipinski definition) is 3. The molecule has 0 aliphatic rings. The van der Waals surface area contributed by atoms with Crippen LogP contribution in [0.25, 0.3) is 5.69 Å². The second-order valence-corrected chi connectivity index (χ2v) is 6.72. The molecule has 2 aromatic rings. The number of nitrogens with zero attached hydrogens (tertiary/aromatic N) is 2. The third-order valence-electron chi connectivity index (χ3n) is 3.97. The lowest BCUT2D eigenvalue weighted by Gasteiger charge is -2.21. The SMILES string of the molecule is Cc1ccccc1-n1nccc1NC(=O)NCCCC(C)(C)CO. The summed E-state index contributed by atoms with van der Waals surface area (Å²) in [6, 6.07) is 9.38. The van der Waals surface area contributed by atoms with Crippen molar-refractivity contribution in [1.29, 1.82) is 0 Å². The van der Waals surface area contributed by atoms with Gasteiger partial charge in [0.25, 0.3) is 0 Å². The summed E-state index contributed by atoms with van der Waals surface area (Å²) in [6.45, 7) is 6.73. The summed E-state index contributed by atoms with van der Waals surface area (Å²) in [6.07, 6.45) is 3.33. The van der Waals surface area contributed by atoms with Gasteiger partial charge in [0.2, 0.25) is 0 Å². The number of nitrogens with one attached hydrogen (secondary N) is 2. The molecule has 1 heterocycles. The quantitative estimate of drug-likeness (QED) is 0.683. The van der Waals surface area contributed by atoms with Crippen LogP contribution in [0, 0.1) is 12.3 Å². The molecule has 24 heavy (non-hydrogen) atoms. The fraction of sp³-hybridized carbons (Fsp3) is 0.444. The van der Waals surface area contributed by atoms with Crippen molar-refractivity contribution in [2.75, 3.05) is 18.5 Å². The van der Waals surface area contributed by atoms with Crippen LogP contribution in [-0.2, 0) is 0 Å². The summed E-state index contributed by atoms with van der Waals surface area (Å²) >= 11 is 0. The normalized spacial score (nSPS) is 11.3. The fourth-order valence-corrected chi connectivity index (χ4v) is 2.40. The highest BCUT2D eigenvalue weighted by Gasteiger charge is 2.16. The van der Waals surface area contributed by atoms with E-state index in [9.17, 15) is 9.90 Å². The lowest BCUT2D eigenvalue weighted by Crippen LogP contribution is -2.31. The third-order valence-corrected chi connectivity index (χ3v) is 3.97. The molecule has 0 aliphatic carbocycles. The number of carbonyl (C=O) groups excluding carboxylic acids is 1. The van der Waals surface area contributed by atoms with E-state index in [0.717, 1.165) is 24.1 Å². The van der Waals surface area contributed by atoms with Gasteiger partial charge in [-0.1, -0.05) is 32.0 Å². The molecule has 2 amide bonds. The molecule has 6 nitrogen and oxygen atoms in total. The zero-order valence-electron chi connectivity index (χ0n) is 14.5. The second kappa shape index (κ2) is 7.97. The van der Waals surface area contributed by atoms with Crippen LogP contribution >= 0.6 is 0 Å². The summed E-state index contributed by atoms with van der Waals surface area (Å²) in [5.74, 6) is 0.623. The van der Waals surface area contributed by atoms with Crippen molar-refractivity contribution in [3.8, 4) is 5.69 Å². The minimum atomic E-state index is -0.257. The Labute approximate surface area is 142 Å². The van der Waals surface area contributed by atoms with Gasteiger partial charge in [-0.3, -0.25) is 5.32 Å². The molecule has 0 atom stereocenters. The van der Waals surface area contributed by atoms with Crippen molar-refractivity contribution >= 4 is 11.8 Å². The molecule has 0 spiro atoms. The number of aliphatic hydroxyl groups excluding tert-OH is 1. The topological polar surface area (TPSA) is 79.2 Å². The predicted octanol–water partition coefficient (Wildman–Crippen LogP) is 3.10. The van der Waals surface area contributed by atoms with Crippen molar-refractivity contribution in [2.24, 2.45) is 5.41 Å². The molecule has 1 aromatic carbocycles. The Hall–Kier alpha value is -2.34. The summed E-state index contributed by atoms with van der Waals surface area (Å²) in [5.41, 5.74) is 1.90. The maximum absolute atomic E-state index is 12.1. The molecule has 0 radical (unpaired) electrons. The van der Waals surface area contributed by atoms with E-state index in [2.05, 4.69) is 15.7 Å². The highest BCUT2D eigenvalue weighted by molar-refractivity contribution is 5.88. The van der Waals surface area contributed by atoms with Crippen LogP contribution in [-0.4, -0.2) is 34.1 Å². The summed E-state index contributed by atoms with van der Waals surface area (Å²) in [5, 5.41) is 19.2. The van der Waals surface area contributed by atoms with E-state index < -0.39 is 0 Å². The van der Waals surface area contributed by atoms with Crippen LogP contribution in [0.1, 0.15) is 32.3 Å². The van der Waals surface area contributed by atoms with Crippen molar-refractivity contribution in [3.05, 3.63) is 42.1 Å². The van der Waals surface area contributed by atoms with Crippen molar-refractivity contribution < 1.29 is 9.90 Å². The van der Waals surface area contributed by atoms with Gasteiger partial charge in [-0.15, -0.1) is 0 Å². The fourth-order valence-electron chi connectivity index (χ4n) is 2.40. The summed E-state index contributed by atoms with van der Waals surface area (Å²) in [7, 11) is 0. The largest absolute Gasteiger partial charge is 0.396 e. The van der Waals surface area contributed by atoms with Crippen LogP contribution in [0.2, 0.25) is 0 Å². The molecule has 0 fully saturated rings. The first-order chi connectivity index (χ1) is 11.4. The highest BCUT2D eigenvalue weighted by atomic mass is 16.3. The van der Waals surface area contributed by atoms with Gasteiger partial charge in [0.1, 0.15) is 5.82 Å². The Morgan fingerprint density at radius 2 is 2.04 bits per heavy atom. The number of rotatable bonds is 7. The predicted molar refractivity (Wildman–Crippen MR) is 95.4 cm³/mol. The van der Waals surface area contributed by atoms with Gasteiger partial charge in [0, 0.05) is 19.2 Å². The first kappa shape index (κ1) is 18.0. The van der Waals surface area contributed by atoms with E-state index in [0.29, 0.717) is 12.4 Å². The van der Waals surface area contributed by atoms with E-state index in [4.69, 9.17) is 0 Å². The van der Waals surface area contributed by atoms with Crippen LogP contribution in [0.5, 0.6) is 0 Å². The molecule has 2 rings (SSSR count). The first-order valence-electron chi connectivity index (χ1n) is 8.19. The van der Waals surface area contributed by atoms with Gasteiger partial charge < -0.3 is 10.4 Å². The maximum Gasteiger partial charge on any atom is 0.320 e. The molecular weight excluding hydrogens is 304 g/mol. The van der Waals surface area contributed by atoms with Crippen LogP contribution < -0.4 is 10.6 Å². The monoisotopic (exact) mass is 330 g/mol. The van der Waals surface area contributed by atoms with Gasteiger partial charge >= 0.3 is 6.03 Å². The van der Waals surface area contributed by atoms with Crippen molar-refractivity contribution in [1.82, 2.24) is 15.1 Å². The second-order valence-electron chi connectivity index (χ2n) is 6.72. The van der Waals surface area contributed by atoms with Crippen molar-refractivity contribution in [3.63, 3.8) is 0 Å². The Morgan fingerprint density at radius 3 is 2.75 bits per heavy atom. The summed E-state index contributed by atoms with van der Waals surface area (Å²) in [4.78, 5) is 12.1. The van der Waals surface area contributed by atoms with Gasteiger partial charge in [-0.2, -0.15) is 5.10 Å². The lowest BCUT2D eigenvalue weighted by atomic mass is 9.89. The number of aromatic nitrogens is 2. The minimum Gasteiger partial charge on any atom is -0.396 e. The minimum absolute atomic E-state index is 0.110. The molecule has 0 saturated carbocycles. The molecule has 3 N–H and O–H groups in total. The van der Waals surface area contributed by atoms with E-state index in [1.807, 2.05) is 45.0 Å². The number of hydrogen-bond donors (Lipinski definition) is 3. The Morgan fingerprint density at radius 1 is 1.29 bits per heavy atom. The molecule has 0 bridgehead atoms. The zero-order chi connectivity index (χ0) is 17.6. The molecule has 130 valence electrons. The number of benzene rings is 1. The van der Waals surface area contributed by atoms with Crippen LogP contribution in [0.3, 0.4) is 0 Å². The number of aliphatic hydroxyl groups is 1. The Balaban J connectivity index is 1.90. The maximum atomic E-state index is 12.1. The van der Waals surface area contributed by atoms with Gasteiger partial charge in [0.05, 0.1) is 11.9 Å².